The third kappa shape index (κ3) is 5.32. The molecule has 1 aliphatic carbocycles. The number of amides is 2. The van der Waals surface area contributed by atoms with Gasteiger partial charge in [0.05, 0.1) is 6.42 Å². The van der Waals surface area contributed by atoms with Crippen LogP contribution < -0.4 is 5.32 Å². The van der Waals surface area contributed by atoms with Crippen molar-refractivity contribution in [1.29, 1.82) is 0 Å². The number of nitrogens with one attached hydrogen (secondary N) is 1. The largest absolute Gasteiger partial charge is 0.481 e. The Bertz CT molecular complexity index is 1140. The van der Waals surface area contributed by atoms with Crippen molar-refractivity contribution in [3.8, 4) is 23.0 Å². The van der Waals surface area contributed by atoms with Crippen LogP contribution in [-0.4, -0.2) is 53.7 Å². The number of hydrogen-bond donors (Lipinski definition) is 2. The van der Waals surface area contributed by atoms with Crippen molar-refractivity contribution in [3.05, 3.63) is 59.7 Å². The lowest BCUT2D eigenvalue weighted by Crippen LogP contribution is -2.48. The quantitative estimate of drug-likeness (QED) is 0.594. The van der Waals surface area contributed by atoms with Gasteiger partial charge in [-0.2, -0.15) is 0 Å². The summed E-state index contributed by atoms with van der Waals surface area (Å²) in [5.41, 5.74) is 4.51. The zero-order chi connectivity index (χ0) is 24.9. The predicted molar refractivity (Wildman–Crippen MR) is 132 cm³/mol. The van der Waals surface area contributed by atoms with Crippen molar-refractivity contribution in [2.75, 3.05) is 19.7 Å². The molecule has 7 nitrogen and oxygen atoms in total. The summed E-state index contributed by atoms with van der Waals surface area (Å²) in [7, 11) is 0. The molecule has 2 amide bonds. The summed E-state index contributed by atoms with van der Waals surface area (Å²) >= 11 is 0. The summed E-state index contributed by atoms with van der Waals surface area (Å²) < 4.78 is 5.61. The maximum absolute atomic E-state index is 13.2. The SMILES string of the molecule is CC#CCC(NC(=O)OCC1c2ccccc2-c2ccccc21)C(=O)N1CC(C)C(CC(=O)O)C1. The van der Waals surface area contributed by atoms with Crippen LogP contribution in [0.2, 0.25) is 0 Å². The molecular formula is C28H30N2O5. The van der Waals surface area contributed by atoms with Crippen LogP contribution in [0.3, 0.4) is 0 Å². The number of hydrogen-bond acceptors (Lipinski definition) is 4. The number of carbonyl (C=O) groups excluding carboxylic acids is 2. The van der Waals surface area contributed by atoms with E-state index in [1.54, 1.807) is 11.8 Å². The van der Waals surface area contributed by atoms with E-state index in [1.807, 2.05) is 43.3 Å². The molecule has 7 heteroatoms. The van der Waals surface area contributed by atoms with Gasteiger partial charge in [0, 0.05) is 25.4 Å². The van der Waals surface area contributed by atoms with E-state index in [2.05, 4.69) is 29.3 Å². The van der Waals surface area contributed by atoms with Crippen molar-refractivity contribution < 1.29 is 24.2 Å². The number of benzene rings is 2. The smallest absolute Gasteiger partial charge is 0.407 e. The Balaban J connectivity index is 1.41. The van der Waals surface area contributed by atoms with Gasteiger partial charge in [0.25, 0.3) is 0 Å². The van der Waals surface area contributed by atoms with E-state index in [9.17, 15) is 14.4 Å². The third-order valence-corrected chi connectivity index (χ3v) is 6.93. The molecule has 2 aliphatic rings. The van der Waals surface area contributed by atoms with Crippen molar-refractivity contribution in [2.45, 2.75) is 38.6 Å². The number of alkyl carbamates (subject to hydrolysis) is 1. The van der Waals surface area contributed by atoms with Crippen molar-refractivity contribution in [2.24, 2.45) is 11.8 Å². The van der Waals surface area contributed by atoms with Gasteiger partial charge in [0.2, 0.25) is 5.91 Å². The third-order valence-electron chi connectivity index (χ3n) is 6.93. The van der Waals surface area contributed by atoms with Gasteiger partial charge in [0.1, 0.15) is 12.6 Å². The fourth-order valence-corrected chi connectivity index (χ4v) is 5.11. The molecule has 2 aromatic carbocycles. The molecule has 1 saturated heterocycles. The highest BCUT2D eigenvalue weighted by Gasteiger charge is 2.37. The van der Waals surface area contributed by atoms with E-state index in [-0.39, 0.29) is 43.1 Å². The highest BCUT2D eigenvalue weighted by Crippen LogP contribution is 2.44. The number of rotatable bonds is 7. The van der Waals surface area contributed by atoms with Gasteiger partial charge in [-0.15, -0.1) is 11.8 Å². The topological polar surface area (TPSA) is 95.9 Å². The van der Waals surface area contributed by atoms with Crippen LogP contribution >= 0.6 is 0 Å². The highest BCUT2D eigenvalue weighted by atomic mass is 16.5. The maximum atomic E-state index is 13.2. The van der Waals surface area contributed by atoms with Gasteiger partial charge in [0.15, 0.2) is 0 Å². The summed E-state index contributed by atoms with van der Waals surface area (Å²) in [6, 6.07) is 15.3. The van der Waals surface area contributed by atoms with E-state index >= 15 is 0 Å². The Morgan fingerprint density at radius 3 is 2.31 bits per heavy atom. The molecule has 1 aliphatic heterocycles. The minimum atomic E-state index is -0.874. The summed E-state index contributed by atoms with van der Waals surface area (Å²) in [5.74, 6) is 4.40. The molecule has 3 atom stereocenters. The summed E-state index contributed by atoms with van der Waals surface area (Å²) in [6.45, 7) is 4.59. The first-order chi connectivity index (χ1) is 16.9. The number of carboxylic acids is 1. The predicted octanol–water partition coefficient (Wildman–Crippen LogP) is 3.88. The zero-order valence-corrected chi connectivity index (χ0v) is 20.0. The lowest BCUT2D eigenvalue weighted by Gasteiger charge is -2.23. The molecule has 0 aromatic heterocycles. The fourth-order valence-electron chi connectivity index (χ4n) is 5.11. The molecule has 1 fully saturated rings. The second kappa shape index (κ2) is 10.6. The lowest BCUT2D eigenvalue weighted by atomic mass is 9.95. The van der Waals surface area contributed by atoms with Crippen LogP contribution in [0, 0.1) is 23.7 Å². The van der Waals surface area contributed by atoms with Gasteiger partial charge in [-0.3, -0.25) is 9.59 Å². The van der Waals surface area contributed by atoms with Crippen molar-refractivity contribution in [1.82, 2.24) is 10.2 Å². The summed E-state index contributed by atoms with van der Waals surface area (Å²) in [6.07, 6.45) is -0.490. The number of carbonyl (C=O) groups is 3. The number of carboxylic acid groups (broad SMARTS) is 1. The van der Waals surface area contributed by atoms with E-state index in [1.165, 1.54) is 0 Å². The maximum Gasteiger partial charge on any atom is 0.407 e. The molecule has 2 N–H and O–H groups in total. The Morgan fingerprint density at radius 2 is 1.71 bits per heavy atom. The Morgan fingerprint density at radius 1 is 1.09 bits per heavy atom. The molecule has 2 aromatic rings. The first kappa shape index (κ1) is 24.3. The summed E-state index contributed by atoms with van der Waals surface area (Å²) in [4.78, 5) is 38.7. The van der Waals surface area contributed by atoms with Crippen molar-refractivity contribution >= 4 is 18.0 Å². The monoisotopic (exact) mass is 474 g/mol. The number of nitrogens with zero attached hydrogens (tertiary/aromatic N) is 1. The van der Waals surface area contributed by atoms with Gasteiger partial charge in [-0.1, -0.05) is 55.5 Å². The van der Waals surface area contributed by atoms with Gasteiger partial charge in [-0.05, 0) is 41.0 Å². The lowest BCUT2D eigenvalue weighted by molar-refractivity contribution is -0.138. The number of fused-ring (bicyclic) bond motifs is 3. The molecule has 0 spiro atoms. The summed E-state index contributed by atoms with van der Waals surface area (Å²) in [5, 5.41) is 11.8. The minimum absolute atomic E-state index is 0.0180. The average Bonchev–Trinajstić information content (AvgIpc) is 3.37. The molecular weight excluding hydrogens is 444 g/mol. The van der Waals surface area contributed by atoms with Gasteiger partial charge in [-0.25, -0.2) is 4.79 Å². The van der Waals surface area contributed by atoms with E-state index in [4.69, 9.17) is 9.84 Å². The minimum Gasteiger partial charge on any atom is -0.481 e. The van der Waals surface area contributed by atoms with E-state index < -0.39 is 18.1 Å². The number of likely N-dealkylation sites (tertiary alicyclic amines) is 1. The first-order valence-corrected chi connectivity index (χ1v) is 11.9. The molecule has 182 valence electrons. The number of aliphatic carboxylic acids is 1. The van der Waals surface area contributed by atoms with Crippen LogP contribution in [0.1, 0.15) is 43.7 Å². The zero-order valence-electron chi connectivity index (χ0n) is 20.0. The molecule has 35 heavy (non-hydrogen) atoms. The van der Waals surface area contributed by atoms with Crippen LogP contribution in [0.4, 0.5) is 4.79 Å². The highest BCUT2D eigenvalue weighted by molar-refractivity contribution is 5.86. The van der Waals surface area contributed by atoms with Gasteiger partial charge < -0.3 is 20.1 Å². The van der Waals surface area contributed by atoms with Crippen LogP contribution in [0.15, 0.2) is 48.5 Å². The van der Waals surface area contributed by atoms with Gasteiger partial charge >= 0.3 is 12.1 Å². The standard InChI is InChI=1S/C28H30N2O5/c1-3-4-13-25(27(33)30-15-18(2)19(16-30)14-26(31)32)29-28(34)35-17-24-22-11-7-5-9-20(22)21-10-6-8-12-23(21)24/h5-12,18-19,24-25H,13-17H2,1-2H3,(H,29,34)(H,31,32). The second-order valence-corrected chi connectivity index (χ2v) is 9.23. The Kier molecular flexibility index (Phi) is 7.40. The molecule has 0 saturated carbocycles. The van der Waals surface area contributed by atoms with E-state index in [0.29, 0.717) is 13.1 Å². The first-order valence-electron chi connectivity index (χ1n) is 11.9. The van der Waals surface area contributed by atoms with E-state index in [0.717, 1.165) is 22.3 Å². The molecule has 0 radical (unpaired) electrons. The molecule has 3 unspecified atom stereocenters. The average molecular weight is 475 g/mol. The number of ether oxygens (including phenoxy) is 1. The second-order valence-electron chi connectivity index (χ2n) is 9.23. The molecule has 0 bridgehead atoms. The van der Waals surface area contributed by atoms with Crippen LogP contribution in [0.5, 0.6) is 0 Å². The molecule has 1 heterocycles. The van der Waals surface area contributed by atoms with Crippen molar-refractivity contribution in [3.63, 3.8) is 0 Å². The van der Waals surface area contributed by atoms with Crippen LogP contribution in [0.25, 0.3) is 11.1 Å². The fraction of sp³-hybridized carbons (Fsp3) is 0.393. The molecule has 4 rings (SSSR count). The van der Waals surface area contributed by atoms with Crippen LogP contribution in [-0.2, 0) is 14.3 Å². The normalized spacial score (nSPS) is 19.2. The Labute approximate surface area is 205 Å². The Hall–Kier alpha value is -3.79.